The fraction of sp³-hybridized carbons (Fsp3) is 0.100. The summed E-state index contributed by atoms with van der Waals surface area (Å²) in [7, 11) is 0. The highest BCUT2D eigenvalue weighted by molar-refractivity contribution is 9.11. The predicted octanol–water partition coefficient (Wildman–Crippen LogP) is 2.60. The lowest BCUT2D eigenvalue weighted by Gasteiger charge is -2.04. The molecule has 0 bridgehead atoms. The van der Waals surface area contributed by atoms with Gasteiger partial charge in [0.25, 0.3) is 0 Å². The van der Waals surface area contributed by atoms with Crippen molar-refractivity contribution in [1.29, 1.82) is 0 Å². The summed E-state index contributed by atoms with van der Waals surface area (Å²) in [6.07, 6.45) is 1.63. The molecule has 2 nitrogen and oxygen atoms in total. The molecule has 0 radical (unpaired) electrons. The van der Waals surface area contributed by atoms with Crippen molar-refractivity contribution >= 4 is 27.9 Å². The maximum Gasteiger partial charge on any atom is 0.249 e. The molecule has 0 atom stereocenters. The molecule has 1 aromatic carbocycles. The Morgan fingerprint density at radius 3 is 2.71 bits per heavy atom. The van der Waals surface area contributed by atoms with E-state index in [0.29, 0.717) is 5.56 Å². The fourth-order valence-electron chi connectivity index (χ4n) is 1.12. The smallest absolute Gasteiger partial charge is 0.249 e. The molecule has 0 spiro atoms. The molecular weight excluding hydrogens is 249 g/mol. The highest BCUT2D eigenvalue weighted by atomic mass is 79.9. The van der Waals surface area contributed by atoms with Crippen LogP contribution in [0.2, 0.25) is 0 Å². The van der Waals surface area contributed by atoms with Gasteiger partial charge in [-0.3, -0.25) is 4.79 Å². The molecule has 0 aromatic heterocycles. The van der Waals surface area contributed by atoms with Gasteiger partial charge in [0.1, 0.15) is 5.82 Å². The van der Waals surface area contributed by atoms with Gasteiger partial charge >= 0.3 is 0 Å². The SMILES string of the molecule is Cc1c(F)cc(C=CBr)cc1C(N)=O. The van der Waals surface area contributed by atoms with E-state index in [1.165, 1.54) is 13.0 Å². The number of amides is 1. The van der Waals surface area contributed by atoms with Crippen LogP contribution in [0.15, 0.2) is 17.1 Å². The number of primary amides is 1. The standard InChI is InChI=1S/C10H9BrFNO/c1-6-8(10(13)14)4-7(2-3-11)5-9(6)12/h2-5H,1H3,(H2,13,14). The average Bonchev–Trinajstić information content (AvgIpc) is 2.11. The van der Waals surface area contributed by atoms with Crippen molar-refractivity contribution in [1.82, 2.24) is 0 Å². The summed E-state index contributed by atoms with van der Waals surface area (Å²) in [5.74, 6) is -1.05. The van der Waals surface area contributed by atoms with Crippen LogP contribution in [-0.2, 0) is 0 Å². The first-order valence-corrected chi connectivity index (χ1v) is 4.84. The lowest BCUT2D eigenvalue weighted by molar-refractivity contribution is 0.0999. The first-order valence-electron chi connectivity index (χ1n) is 3.93. The Hall–Kier alpha value is -1.16. The number of carbonyl (C=O) groups excluding carboxylic acids is 1. The summed E-state index contributed by atoms with van der Waals surface area (Å²) in [4.78, 5) is 12.5. The van der Waals surface area contributed by atoms with E-state index in [9.17, 15) is 9.18 Å². The van der Waals surface area contributed by atoms with Crippen molar-refractivity contribution in [2.24, 2.45) is 5.73 Å². The summed E-state index contributed by atoms with van der Waals surface area (Å²) in [5, 5.41) is 0. The van der Waals surface area contributed by atoms with Gasteiger partial charge in [0.05, 0.1) is 0 Å². The van der Waals surface area contributed by atoms with E-state index in [1.807, 2.05) is 0 Å². The van der Waals surface area contributed by atoms with E-state index in [1.54, 1.807) is 17.1 Å². The molecule has 1 aromatic rings. The minimum absolute atomic E-state index is 0.214. The Labute approximate surface area is 89.7 Å². The van der Waals surface area contributed by atoms with Gasteiger partial charge in [-0.15, -0.1) is 0 Å². The minimum Gasteiger partial charge on any atom is -0.366 e. The van der Waals surface area contributed by atoms with Gasteiger partial charge in [-0.1, -0.05) is 15.9 Å². The quantitative estimate of drug-likeness (QED) is 0.870. The fourth-order valence-corrected chi connectivity index (χ4v) is 1.43. The van der Waals surface area contributed by atoms with E-state index < -0.39 is 11.7 Å². The van der Waals surface area contributed by atoms with Crippen LogP contribution in [0.4, 0.5) is 4.39 Å². The molecular formula is C10H9BrFNO. The highest BCUT2D eigenvalue weighted by Gasteiger charge is 2.09. The van der Waals surface area contributed by atoms with Gasteiger partial charge < -0.3 is 5.73 Å². The Morgan fingerprint density at radius 2 is 2.21 bits per heavy atom. The molecule has 14 heavy (non-hydrogen) atoms. The van der Waals surface area contributed by atoms with E-state index in [0.717, 1.165) is 0 Å². The van der Waals surface area contributed by atoms with Gasteiger partial charge in [-0.2, -0.15) is 0 Å². The number of rotatable bonds is 2. The van der Waals surface area contributed by atoms with Gasteiger partial charge in [0.2, 0.25) is 5.91 Å². The van der Waals surface area contributed by atoms with Crippen molar-refractivity contribution < 1.29 is 9.18 Å². The first kappa shape index (κ1) is 10.9. The topological polar surface area (TPSA) is 43.1 Å². The molecule has 2 N–H and O–H groups in total. The second kappa shape index (κ2) is 4.37. The van der Waals surface area contributed by atoms with Crippen LogP contribution < -0.4 is 5.73 Å². The third-order valence-electron chi connectivity index (χ3n) is 1.89. The summed E-state index contributed by atoms with van der Waals surface area (Å²) in [5.41, 5.74) is 6.20. The van der Waals surface area contributed by atoms with Crippen molar-refractivity contribution in [3.63, 3.8) is 0 Å². The summed E-state index contributed by atoms with van der Waals surface area (Å²) in [6, 6.07) is 2.90. The molecule has 1 rings (SSSR count). The van der Waals surface area contributed by atoms with E-state index in [-0.39, 0.29) is 11.1 Å². The molecule has 0 fully saturated rings. The number of nitrogens with two attached hydrogens (primary N) is 1. The molecule has 0 saturated carbocycles. The van der Waals surface area contributed by atoms with Crippen molar-refractivity contribution in [3.05, 3.63) is 39.6 Å². The van der Waals surface area contributed by atoms with E-state index >= 15 is 0 Å². The zero-order chi connectivity index (χ0) is 10.7. The molecule has 0 unspecified atom stereocenters. The van der Waals surface area contributed by atoms with Gasteiger partial charge in [0, 0.05) is 5.56 Å². The van der Waals surface area contributed by atoms with Crippen LogP contribution >= 0.6 is 15.9 Å². The highest BCUT2D eigenvalue weighted by Crippen LogP contribution is 2.16. The third-order valence-corrected chi connectivity index (χ3v) is 2.15. The van der Waals surface area contributed by atoms with E-state index in [4.69, 9.17) is 5.73 Å². The minimum atomic E-state index is -0.619. The normalized spacial score (nSPS) is 10.8. The number of benzene rings is 1. The molecule has 1 amide bonds. The predicted molar refractivity (Wildman–Crippen MR) is 57.6 cm³/mol. The third kappa shape index (κ3) is 2.20. The number of carbonyl (C=O) groups is 1. The van der Waals surface area contributed by atoms with Crippen molar-refractivity contribution in [2.75, 3.05) is 0 Å². The zero-order valence-electron chi connectivity index (χ0n) is 7.55. The van der Waals surface area contributed by atoms with Gasteiger partial charge in [-0.05, 0) is 41.2 Å². The largest absolute Gasteiger partial charge is 0.366 e. The van der Waals surface area contributed by atoms with Gasteiger partial charge in [0.15, 0.2) is 0 Å². The zero-order valence-corrected chi connectivity index (χ0v) is 9.14. The van der Waals surface area contributed by atoms with E-state index in [2.05, 4.69) is 15.9 Å². The lowest BCUT2D eigenvalue weighted by Crippen LogP contribution is -2.13. The Bertz CT molecular complexity index is 401. The van der Waals surface area contributed by atoms with Gasteiger partial charge in [-0.25, -0.2) is 4.39 Å². The molecule has 0 saturated heterocycles. The van der Waals surface area contributed by atoms with Crippen LogP contribution in [-0.4, -0.2) is 5.91 Å². The Balaban J connectivity index is 3.35. The first-order chi connectivity index (χ1) is 6.56. The van der Waals surface area contributed by atoms with Crippen LogP contribution in [0, 0.1) is 12.7 Å². The maximum absolute atomic E-state index is 13.3. The Morgan fingerprint density at radius 1 is 1.57 bits per heavy atom. The van der Waals surface area contributed by atoms with Crippen molar-refractivity contribution in [2.45, 2.75) is 6.92 Å². The summed E-state index contributed by atoms with van der Waals surface area (Å²) < 4.78 is 13.3. The molecule has 0 aliphatic carbocycles. The molecule has 0 aliphatic heterocycles. The average molecular weight is 258 g/mol. The number of hydrogen-bond donors (Lipinski definition) is 1. The van der Waals surface area contributed by atoms with Crippen LogP contribution in [0.3, 0.4) is 0 Å². The number of hydrogen-bond acceptors (Lipinski definition) is 1. The molecule has 74 valence electrons. The second-order valence-corrected chi connectivity index (χ2v) is 3.36. The Kier molecular flexibility index (Phi) is 3.41. The van der Waals surface area contributed by atoms with Crippen LogP contribution in [0.1, 0.15) is 21.5 Å². The molecule has 0 heterocycles. The maximum atomic E-state index is 13.3. The molecule has 0 aliphatic rings. The monoisotopic (exact) mass is 257 g/mol. The summed E-state index contributed by atoms with van der Waals surface area (Å²) >= 11 is 3.07. The van der Waals surface area contributed by atoms with Crippen LogP contribution in [0.5, 0.6) is 0 Å². The molecule has 4 heteroatoms. The summed E-state index contributed by atoms with van der Waals surface area (Å²) in [6.45, 7) is 1.52. The van der Waals surface area contributed by atoms with Crippen LogP contribution in [0.25, 0.3) is 6.08 Å². The van der Waals surface area contributed by atoms with Crippen molar-refractivity contribution in [3.8, 4) is 0 Å². The second-order valence-electron chi connectivity index (χ2n) is 2.83. The number of halogens is 2. The lowest BCUT2D eigenvalue weighted by atomic mass is 10.0.